The second-order valence-corrected chi connectivity index (χ2v) is 2.28. The maximum absolute atomic E-state index is 5.64. The van der Waals surface area contributed by atoms with Crippen LogP contribution in [0.1, 0.15) is 12.8 Å². The Labute approximate surface area is 55.1 Å². The molecule has 1 saturated heterocycles. The van der Waals surface area contributed by atoms with Gasteiger partial charge in [0.25, 0.3) is 0 Å². The molecule has 9 heavy (non-hydrogen) atoms. The zero-order valence-corrected chi connectivity index (χ0v) is 5.67. The molecule has 2 atom stereocenters. The van der Waals surface area contributed by atoms with Crippen molar-refractivity contribution in [2.75, 3.05) is 13.7 Å². The molecule has 0 radical (unpaired) electrons. The lowest BCUT2D eigenvalue weighted by Gasteiger charge is -2.27. The molecule has 0 spiro atoms. The van der Waals surface area contributed by atoms with E-state index in [4.69, 9.17) is 15.2 Å². The van der Waals surface area contributed by atoms with Gasteiger partial charge in [-0.15, -0.1) is 0 Å². The molecule has 1 heterocycles. The molecule has 1 rings (SSSR count). The van der Waals surface area contributed by atoms with Gasteiger partial charge in [0.2, 0.25) is 0 Å². The molecule has 54 valence electrons. The van der Waals surface area contributed by atoms with Crippen LogP contribution in [0.15, 0.2) is 0 Å². The summed E-state index contributed by atoms with van der Waals surface area (Å²) in [5.74, 6) is 0. The van der Waals surface area contributed by atoms with Crippen LogP contribution in [0, 0.1) is 0 Å². The standard InChI is InChI=1S/C6H13NO2/c1-8-6-5(7)3-2-4-9-6/h5-6H,2-4,7H2,1H3. The molecule has 3 nitrogen and oxygen atoms in total. The number of hydrogen-bond acceptors (Lipinski definition) is 3. The first kappa shape index (κ1) is 6.99. The Hall–Kier alpha value is -0.120. The van der Waals surface area contributed by atoms with Crippen LogP contribution in [0.3, 0.4) is 0 Å². The molecular formula is C6H13NO2. The molecule has 0 aromatic carbocycles. The van der Waals surface area contributed by atoms with E-state index in [0.717, 1.165) is 19.4 Å². The van der Waals surface area contributed by atoms with Gasteiger partial charge < -0.3 is 15.2 Å². The Balaban J connectivity index is 2.30. The van der Waals surface area contributed by atoms with Crippen molar-refractivity contribution < 1.29 is 9.47 Å². The second kappa shape index (κ2) is 3.15. The number of nitrogens with two attached hydrogens (primary N) is 1. The minimum atomic E-state index is -0.168. The fraction of sp³-hybridized carbons (Fsp3) is 1.00. The molecule has 3 heteroatoms. The van der Waals surface area contributed by atoms with Crippen molar-refractivity contribution >= 4 is 0 Å². The van der Waals surface area contributed by atoms with Gasteiger partial charge in [-0.2, -0.15) is 0 Å². The molecule has 0 amide bonds. The normalized spacial score (nSPS) is 36.7. The maximum Gasteiger partial charge on any atom is 0.172 e. The SMILES string of the molecule is COC1OCCCC1N. The van der Waals surface area contributed by atoms with Crippen LogP contribution in [0.4, 0.5) is 0 Å². The van der Waals surface area contributed by atoms with E-state index in [1.165, 1.54) is 0 Å². The van der Waals surface area contributed by atoms with Crippen molar-refractivity contribution in [2.24, 2.45) is 5.73 Å². The summed E-state index contributed by atoms with van der Waals surface area (Å²) in [6, 6.07) is 0.0729. The fourth-order valence-corrected chi connectivity index (χ4v) is 1.02. The van der Waals surface area contributed by atoms with Crippen LogP contribution in [-0.2, 0) is 9.47 Å². The highest BCUT2D eigenvalue weighted by Gasteiger charge is 2.21. The van der Waals surface area contributed by atoms with Gasteiger partial charge in [-0.1, -0.05) is 0 Å². The molecule has 1 fully saturated rings. The highest BCUT2D eigenvalue weighted by atomic mass is 16.7. The summed E-state index contributed by atoms with van der Waals surface area (Å²) in [5.41, 5.74) is 5.64. The first-order chi connectivity index (χ1) is 4.34. The third-order valence-corrected chi connectivity index (χ3v) is 1.55. The van der Waals surface area contributed by atoms with Crippen LogP contribution in [-0.4, -0.2) is 26.0 Å². The van der Waals surface area contributed by atoms with Gasteiger partial charge in [-0.05, 0) is 12.8 Å². The predicted octanol–water partition coefficient (Wildman–Crippen LogP) is 0.0966. The van der Waals surface area contributed by atoms with Crippen molar-refractivity contribution in [3.63, 3.8) is 0 Å². The summed E-state index contributed by atoms with van der Waals surface area (Å²) in [7, 11) is 1.62. The van der Waals surface area contributed by atoms with E-state index in [1.54, 1.807) is 7.11 Å². The lowest BCUT2D eigenvalue weighted by atomic mass is 10.1. The molecule has 0 bridgehead atoms. The van der Waals surface area contributed by atoms with Crippen molar-refractivity contribution in [1.82, 2.24) is 0 Å². The average molecular weight is 131 g/mol. The highest BCUT2D eigenvalue weighted by molar-refractivity contribution is 4.69. The largest absolute Gasteiger partial charge is 0.354 e. The third kappa shape index (κ3) is 1.64. The summed E-state index contributed by atoms with van der Waals surface area (Å²) in [4.78, 5) is 0. The van der Waals surface area contributed by atoms with E-state index in [2.05, 4.69) is 0 Å². The molecule has 1 aliphatic rings. The molecule has 0 saturated carbocycles. The molecule has 1 aliphatic heterocycles. The predicted molar refractivity (Wildman–Crippen MR) is 34.0 cm³/mol. The Morgan fingerprint density at radius 2 is 2.44 bits per heavy atom. The summed E-state index contributed by atoms with van der Waals surface area (Å²) < 4.78 is 10.1. The molecular weight excluding hydrogens is 118 g/mol. The van der Waals surface area contributed by atoms with Gasteiger partial charge >= 0.3 is 0 Å². The molecule has 0 aromatic heterocycles. The van der Waals surface area contributed by atoms with E-state index < -0.39 is 0 Å². The van der Waals surface area contributed by atoms with Crippen molar-refractivity contribution in [2.45, 2.75) is 25.2 Å². The average Bonchev–Trinajstić information content (AvgIpc) is 1.89. The van der Waals surface area contributed by atoms with E-state index >= 15 is 0 Å². The van der Waals surface area contributed by atoms with Crippen LogP contribution in [0.25, 0.3) is 0 Å². The first-order valence-electron chi connectivity index (χ1n) is 3.24. The Kier molecular flexibility index (Phi) is 2.45. The lowest BCUT2D eigenvalue weighted by molar-refractivity contribution is -0.155. The highest BCUT2D eigenvalue weighted by Crippen LogP contribution is 2.11. The quantitative estimate of drug-likeness (QED) is 0.548. The third-order valence-electron chi connectivity index (χ3n) is 1.55. The van der Waals surface area contributed by atoms with Gasteiger partial charge in [0.05, 0.1) is 6.04 Å². The topological polar surface area (TPSA) is 44.5 Å². The number of methoxy groups -OCH3 is 1. The fourth-order valence-electron chi connectivity index (χ4n) is 1.02. The number of ether oxygens (including phenoxy) is 2. The Morgan fingerprint density at radius 3 is 2.89 bits per heavy atom. The van der Waals surface area contributed by atoms with Crippen LogP contribution >= 0.6 is 0 Å². The number of hydrogen-bond donors (Lipinski definition) is 1. The molecule has 2 unspecified atom stereocenters. The first-order valence-corrected chi connectivity index (χ1v) is 3.24. The van der Waals surface area contributed by atoms with Crippen molar-refractivity contribution in [3.8, 4) is 0 Å². The monoisotopic (exact) mass is 131 g/mol. The van der Waals surface area contributed by atoms with E-state index in [9.17, 15) is 0 Å². The molecule has 0 aromatic rings. The summed E-state index contributed by atoms with van der Waals surface area (Å²) in [6.45, 7) is 0.784. The smallest absolute Gasteiger partial charge is 0.172 e. The van der Waals surface area contributed by atoms with Gasteiger partial charge in [-0.25, -0.2) is 0 Å². The lowest BCUT2D eigenvalue weighted by Crippen LogP contribution is -2.41. The Morgan fingerprint density at radius 1 is 1.67 bits per heavy atom. The van der Waals surface area contributed by atoms with Crippen molar-refractivity contribution in [3.05, 3.63) is 0 Å². The van der Waals surface area contributed by atoms with Crippen LogP contribution in [0.5, 0.6) is 0 Å². The van der Waals surface area contributed by atoms with Gasteiger partial charge in [0, 0.05) is 13.7 Å². The summed E-state index contributed by atoms with van der Waals surface area (Å²) >= 11 is 0. The minimum absolute atomic E-state index is 0.0729. The summed E-state index contributed by atoms with van der Waals surface area (Å²) in [5, 5.41) is 0. The van der Waals surface area contributed by atoms with Crippen LogP contribution < -0.4 is 5.73 Å². The van der Waals surface area contributed by atoms with Gasteiger partial charge in [0.1, 0.15) is 0 Å². The molecule has 0 aliphatic carbocycles. The zero-order valence-electron chi connectivity index (χ0n) is 5.67. The van der Waals surface area contributed by atoms with E-state index in [-0.39, 0.29) is 12.3 Å². The maximum atomic E-state index is 5.64. The van der Waals surface area contributed by atoms with Crippen molar-refractivity contribution in [1.29, 1.82) is 0 Å². The molecule has 2 N–H and O–H groups in total. The Bertz CT molecular complexity index is 87.1. The zero-order chi connectivity index (χ0) is 6.69. The van der Waals surface area contributed by atoms with Crippen LogP contribution in [0.2, 0.25) is 0 Å². The van der Waals surface area contributed by atoms with Gasteiger partial charge in [0.15, 0.2) is 6.29 Å². The summed E-state index contributed by atoms with van der Waals surface area (Å²) in [6.07, 6.45) is 1.90. The van der Waals surface area contributed by atoms with E-state index in [0.29, 0.717) is 0 Å². The minimum Gasteiger partial charge on any atom is -0.354 e. The van der Waals surface area contributed by atoms with Gasteiger partial charge in [-0.3, -0.25) is 0 Å². The van der Waals surface area contributed by atoms with E-state index in [1.807, 2.05) is 0 Å². The second-order valence-electron chi connectivity index (χ2n) is 2.28. The number of rotatable bonds is 1.